The van der Waals surface area contributed by atoms with Crippen LogP contribution in [-0.2, 0) is 9.84 Å². The van der Waals surface area contributed by atoms with Gasteiger partial charge in [-0.2, -0.15) is 0 Å². The maximum absolute atomic E-state index is 12.7. The molecule has 3 aromatic rings. The summed E-state index contributed by atoms with van der Waals surface area (Å²) in [6.07, 6.45) is 3.63. The Morgan fingerprint density at radius 2 is 1.94 bits per heavy atom. The minimum absolute atomic E-state index is 0.0606. The van der Waals surface area contributed by atoms with Crippen LogP contribution in [0.25, 0.3) is 10.9 Å². The molecule has 1 atom stereocenters. The third-order valence-electron chi connectivity index (χ3n) is 6.02. The summed E-state index contributed by atoms with van der Waals surface area (Å²) in [5.41, 5.74) is 0.956. The number of piperidine rings is 1. The number of benzene rings is 2. The van der Waals surface area contributed by atoms with Gasteiger partial charge in [0.05, 0.1) is 26.6 Å². The predicted molar refractivity (Wildman–Crippen MR) is 136 cm³/mol. The lowest BCUT2D eigenvalue weighted by Crippen LogP contribution is -2.45. The Kier molecular flexibility index (Phi) is 7.92. The van der Waals surface area contributed by atoms with Crippen molar-refractivity contribution in [3.05, 3.63) is 58.2 Å². The molecule has 2 heterocycles. The van der Waals surface area contributed by atoms with Gasteiger partial charge in [0, 0.05) is 55.6 Å². The fourth-order valence-corrected chi connectivity index (χ4v) is 5.08. The van der Waals surface area contributed by atoms with Gasteiger partial charge in [-0.05, 0) is 37.1 Å². The first-order chi connectivity index (χ1) is 16.6. The first-order valence-electron chi connectivity index (χ1n) is 11.2. The van der Waals surface area contributed by atoms with Crippen molar-refractivity contribution in [2.24, 2.45) is 0 Å². The Hall–Kier alpha value is -2.30. The molecule has 1 aliphatic rings. The van der Waals surface area contributed by atoms with Crippen LogP contribution in [0.3, 0.4) is 0 Å². The zero-order valence-corrected chi connectivity index (χ0v) is 21.5. The molecular formula is C24H27Cl2N3O5S. The number of H-pyrrole nitrogens is 1. The molecule has 4 rings (SSSR count). The van der Waals surface area contributed by atoms with Crippen LogP contribution in [0.15, 0.2) is 47.5 Å². The second kappa shape index (κ2) is 10.8. The topological polar surface area (TPSA) is 112 Å². The number of nitrogens with one attached hydrogen (secondary N) is 2. The number of aromatic nitrogens is 1. The Morgan fingerprint density at radius 3 is 2.63 bits per heavy atom. The average Bonchev–Trinajstić information content (AvgIpc) is 3.24. The third-order valence-corrected chi connectivity index (χ3v) is 7.87. The molecule has 1 aromatic heterocycles. The number of likely N-dealkylation sites (tertiary alicyclic amines) is 1. The van der Waals surface area contributed by atoms with Crippen LogP contribution in [0.2, 0.25) is 10.0 Å². The van der Waals surface area contributed by atoms with Crippen molar-refractivity contribution in [3.63, 3.8) is 0 Å². The molecule has 0 radical (unpaired) electrons. The summed E-state index contributed by atoms with van der Waals surface area (Å²) in [7, 11) is -3.34. The summed E-state index contributed by atoms with van der Waals surface area (Å²) < 4.78 is 29.5. The van der Waals surface area contributed by atoms with Crippen LogP contribution in [0.1, 0.15) is 23.2 Å². The van der Waals surface area contributed by atoms with Gasteiger partial charge < -0.3 is 25.0 Å². The average molecular weight is 540 g/mol. The van der Waals surface area contributed by atoms with Crippen LogP contribution >= 0.6 is 23.2 Å². The molecule has 35 heavy (non-hydrogen) atoms. The van der Waals surface area contributed by atoms with E-state index in [1.807, 2.05) is 0 Å². The summed E-state index contributed by atoms with van der Waals surface area (Å²) in [6.45, 7) is 2.07. The van der Waals surface area contributed by atoms with Crippen molar-refractivity contribution in [3.8, 4) is 5.75 Å². The van der Waals surface area contributed by atoms with Crippen molar-refractivity contribution in [2.45, 2.75) is 29.9 Å². The van der Waals surface area contributed by atoms with Gasteiger partial charge in [0.15, 0.2) is 9.84 Å². The minimum atomic E-state index is -3.34. The molecule has 11 heteroatoms. The molecule has 0 aliphatic carbocycles. The lowest BCUT2D eigenvalue weighted by atomic mass is 10.1. The number of halogens is 2. The van der Waals surface area contributed by atoms with Gasteiger partial charge in [0.25, 0.3) is 5.91 Å². The van der Waals surface area contributed by atoms with E-state index in [1.54, 1.807) is 24.3 Å². The quantitative estimate of drug-likeness (QED) is 0.403. The number of fused-ring (bicyclic) bond motifs is 1. The van der Waals surface area contributed by atoms with E-state index < -0.39 is 15.9 Å². The molecule has 0 bridgehead atoms. The van der Waals surface area contributed by atoms with E-state index in [2.05, 4.69) is 15.2 Å². The summed E-state index contributed by atoms with van der Waals surface area (Å²) in [4.78, 5) is 17.9. The number of aliphatic hydroxyl groups is 1. The van der Waals surface area contributed by atoms with Crippen LogP contribution < -0.4 is 10.1 Å². The highest BCUT2D eigenvalue weighted by atomic mass is 35.5. The molecule has 0 spiro atoms. The summed E-state index contributed by atoms with van der Waals surface area (Å²) >= 11 is 12.0. The van der Waals surface area contributed by atoms with E-state index in [1.165, 1.54) is 18.3 Å². The number of sulfone groups is 1. The number of ether oxygens (including phenoxy) is 1. The van der Waals surface area contributed by atoms with Gasteiger partial charge >= 0.3 is 0 Å². The van der Waals surface area contributed by atoms with E-state index in [9.17, 15) is 18.3 Å². The number of aromatic amines is 1. The number of aliphatic hydroxyl groups excluding tert-OH is 1. The fourth-order valence-electron chi connectivity index (χ4n) is 4.14. The van der Waals surface area contributed by atoms with Gasteiger partial charge in [-0.1, -0.05) is 29.3 Å². The van der Waals surface area contributed by atoms with Crippen molar-refractivity contribution in [2.75, 3.05) is 32.4 Å². The van der Waals surface area contributed by atoms with E-state index in [0.29, 0.717) is 38.8 Å². The molecule has 188 valence electrons. The fraction of sp³-hybridized carbons (Fsp3) is 0.375. The van der Waals surface area contributed by atoms with E-state index in [4.69, 9.17) is 27.9 Å². The predicted octanol–water partition coefficient (Wildman–Crippen LogP) is 3.51. The monoisotopic (exact) mass is 539 g/mol. The molecule has 0 unspecified atom stereocenters. The SMILES string of the molecule is CS(=O)(=O)c1ccc2c(C(=O)NC[C@@H](O)CN3CCC(Oc4ccc(Cl)c(Cl)c4)CC3)c[nH]c2c1. The zero-order chi connectivity index (χ0) is 25.2. The largest absolute Gasteiger partial charge is 0.490 e. The summed E-state index contributed by atoms with van der Waals surface area (Å²) in [5, 5.41) is 14.8. The maximum Gasteiger partial charge on any atom is 0.253 e. The number of hydrogen-bond donors (Lipinski definition) is 3. The summed E-state index contributed by atoms with van der Waals surface area (Å²) in [6, 6.07) is 9.81. The number of hydrogen-bond acceptors (Lipinski definition) is 6. The molecule has 8 nitrogen and oxygen atoms in total. The van der Waals surface area contributed by atoms with Gasteiger partial charge in [-0.15, -0.1) is 0 Å². The number of nitrogens with zero attached hydrogens (tertiary/aromatic N) is 1. The highest BCUT2D eigenvalue weighted by Crippen LogP contribution is 2.28. The minimum Gasteiger partial charge on any atom is -0.490 e. The van der Waals surface area contributed by atoms with Crippen molar-refractivity contribution >= 4 is 49.8 Å². The van der Waals surface area contributed by atoms with Crippen molar-refractivity contribution in [1.82, 2.24) is 15.2 Å². The number of carbonyl (C=O) groups excluding carboxylic acids is 1. The maximum atomic E-state index is 12.7. The first-order valence-corrected chi connectivity index (χ1v) is 13.9. The molecule has 3 N–H and O–H groups in total. The van der Waals surface area contributed by atoms with Gasteiger partial charge in [-0.25, -0.2) is 8.42 Å². The smallest absolute Gasteiger partial charge is 0.253 e. The molecule has 2 aromatic carbocycles. The molecule has 0 saturated carbocycles. The highest BCUT2D eigenvalue weighted by Gasteiger charge is 2.23. The number of β-amino-alcohol motifs (C(OH)–C–C–N with tert-alkyl or cyclic N) is 1. The lowest BCUT2D eigenvalue weighted by Gasteiger charge is -2.33. The zero-order valence-electron chi connectivity index (χ0n) is 19.1. The van der Waals surface area contributed by atoms with Gasteiger partial charge in [0.2, 0.25) is 0 Å². The van der Waals surface area contributed by atoms with Crippen LogP contribution in [-0.4, -0.2) is 74.0 Å². The Balaban J connectivity index is 1.24. The van der Waals surface area contributed by atoms with Crippen LogP contribution in [0, 0.1) is 0 Å². The molecular weight excluding hydrogens is 513 g/mol. The Morgan fingerprint density at radius 1 is 1.20 bits per heavy atom. The second-order valence-corrected chi connectivity index (χ2v) is 11.6. The highest BCUT2D eigenvalue weighted by molar-refractivity contribution is 7.90. The van der Waals surface area contributed by atoms with E-state index in [-0.39, 0.29) is 23.5 Å². The summed E-state index contributed by atoms with van der Waals surface area (Å²) in [5.74, 6) is 0.349. The van der Waals surface area contributed by atoms with Crippen molar-refractivity contribution < 1.29 is 23.1 Å². The second-order valence-electron chi connectivity index (χ2n) is 8.74. The molecule has 1 aliphatic heterocycles. The van der Waals surface area contributed by atoms with Crippen LogP contribution in [0.5, 0.6) is 5.75 Å². The number of amides is 1. The third kappa shape index (κ3) is 6.48. The lowest BCUT2D eigenvalue weighted by molar-refractivity contribution is 0.0594. The van der Waals surface area contributed by atoms with Gasteiger partial charge in [0.1, 0.15) is 11.9 Å². The van der Waals surface area contributed by atoms with Crippen molar-refractivity contribution in [1.29, 1.82) is 0 Å². The molecule has 1 saturated heterocycles. The van der Waals surface area contributed by atoms with Gasteiger partial charge in [-0.3, -0.25) is 4.79 Å². The Bertz CT molecular complexity index is 1320. The molecule has 1 amide bonds. The number of carbonyl (C=O) groups is 1. The van der Waals surface area contributed by atoms with E-state index in [0.717, 1.165) is 32.2 Å². The van der Waals surface area contributed by atoms with E-state index >= 15 is 0 Å². The normalized spacial score (nSPS) is 16.3. The first kappa shape index (κ1) is 25.8. The molecule has 1 fully saturated rings. The standard InChI is InChI=1S/C24H27Cl2N3O5S/c1-35(32,33)18-3-4-19-20(13-27-23(19)11-18)24(31)28-12-15(30)14-29-8-6-16(7-9-29)34-17-2-5-21(25)22(26)10-17/h2-5,10-11,13,15-16,27,30H,6-9,12,14H2,1H3,(H,28,31)/t15-/m1/s1. The Labute approximate surface area is 214 Å². The van der Waals surface area contributed by atoms with Crippen LogP contribution in [0.4, 0.5) is 0 Å². The number of rotatable bonds is 8.